The number of carbonyl (C=O) groups is 1. The summed E-state index contributed by atoms with van der Waals surface area (Å²) in [7, 11) is 1.62. The lowest BCUT2D eigenvalue weighted by molar-refractivity contribution is -0.111. The predicted molar refractivity (Wildman–Crippen MR) is 117 cm³/mol. The minimum atomic E-state index is -0.302. The average molecular weight is 425 g/mol. The fourth-order valence-corrected chi connectivity index (χ4v) is 3.87. The van der Waals surface area contributed by atoms with Gasteiger partial charge >= 0.3 is 0 Å². The summed E-state index contributed by atoms with van der Waals surface area (Å²) in [6.07, 6.45) is 4.89. The zero-order valence-electron chi connectivity index (χ0n) is 15.7. The van der Waals surface area contributed by atoms with Gasteiger partial charge in [0, 0.05) is 23.2 Å². The number of amides is 1. The highest BCUT2D eigenvalue weighted by Crippen LogP contribution is 2.33. The second-order valence-corrected chi connectivity index (χ2v) is 7.50. The third kappa shape index (κ3) is 4.01. The van der Waals surface area contributed by atoms with Crippen LogP contribution in [0.3, 0.4) is 0 Å². The summed E-state index contributed by atoms with van der Waals surface area (Å²) in [5.41, 5.74) is 4.10. The van der Waals surface area contributed by atoms with Crippen molar-refractivity contribution < 1.29 is 9.53 Å². The molecule has 6 nitrogen and oxygen atoms in total. The number of hydrogen-bond acceptors (Lipinski definition) is 5. The van der Waals surface area contributed by atoms with Gasteiger partial charge < -0.3 is 4.74 Å². The Bertz CT molecular complexity index is 1230. The van der Waals surface area contributed by atoms with Crippen LogP contribution in [-0.2, 0) is 4.79 Å². The summed E-state index contributed by atoms with van der Waals surface area (Å²) in [6.45, 7) is 2.01. The molecule has 0 fully saturated rings. The summed E-state index contributed by atoms with van der Waals surface area (Å²) in [6, 6.07) is 11.5. The Balaban J connectivity index is 1.52. The van der Waals surface area contributed by atoms with Gasteiger partial charge in [-0.25, -0.2) is 9.97 Å². The molecule has 4 aromatic rings. The van der Waals surface area contributed by atoms with Gasteiger partial charge in [0.25, 0.3) is 0 Å². The van der Waals surface area contributed by atoms with Crippen molar-refractivity contribution >= 4 is 45.7 Å². The molecule has 1 amide bonds. The maximum atomic E-state index is 12.3. The first-order valence-electron chi connectivity index (χ1n) is 8.77. The molecule has 4 rings (SSSR count). The van der Waals surface area contributed by atoms with Crippen molar-refractivity contribution in [1.29, 1.82) is 0 Å². The molecule has 1 N–H and O–H groups in total. The van der Waals surface area contributed by atoms with Crippen LogP contribution < -0.4 is 10.1 Å². The third-order valence-electron chi connectivity index (χ3n) is 4.28. The second-order valence-electron chi connectivity index (χ2n) is 6.28. The Kier molecular flexibility index (Phi) is 5.33. The molecule has 0 unspecified atom stereocenters. The SMILES string of the molecule is COc1ccc(C)cc1-c1csc(NC(=O)/C=C/c2c(Cl)nc3ccccn23)n1. The lowest BCUT2D eigenvalue weighted by atomic mass is 10.1. The molecule has 0 aliphatic heterocycles. The van der Waals surface area contributed by atoms with Crippen molar-refractivity contribution in [3.05, 3.63) is 70.5 Å². The number of imidazole rings is 1. The van der Waals surface area contributed by atoms with Crippen molar-refractivity contribution in [2.45, 2.75) is 6.92 Å². The maximum absolute atomic E-state index is 12.3. The Hall–Kier alpha value is -3.16. The van der Waals surface area contributed by atoms with Gasteiger partial charge in [0.15, 0.2) is 10.3 Å². The lowest BCUT2D eigenvalue weighted by Crippen LogP contribution is -2.07. The molecule has 3 aromatic heterocycles. The van der Waals surface area contributed by atoms with Crippen molar-refractivity contribution in [3.8, 4) is 17.0 Å². The number of methoxy groups -OCH3 is 1. The summed E-state index contributed by atoms with van der Waals surface area (Å²) in [5.74, 6) is 0.435. The monoisotopic (exact) mass is 424 g/mol. The smallest absolute Gasteiger partial charge is 0.250 e. The molecule has 0 aliphatic rings. The number of aromatic nitrogens is 3. The van der Waals surface area contributed by atoms with Crippen LogP contribution in [0.4, 0.5) is 5.13 Å². The molecule has 1 aromatic carbocycles. The van der Waals surface area contributed by atoms with E-state index in [-0.39, 0.29) is 5.91 Å². The van der Waals surface area contributed by atoms with Gasteiger partial charge in [-0.2, -0.15) is 0 Å². The number of fused-ring (bicyclic) bond motifs is 1. The van der Waals surface area contributed by atoms with Crippen LogP contribution in [0, 0.1) is 6.92 Å². The van der Waals surface area contributed by atoms with E-state index in [1.54, 1.807) is 13.2 Å². The quantitative estimate of drug-likeness (QED) is 0.453. The first-order chi connectivity index (χ1) is 14.0. The number of thiazole rings is 1. The molecular formula is C21H17ClN4O2S. The van der Waals surface area contributed by atoms with E-state index in [0.717, 1.165) is 22.6 Å². The van der Waals surface area contributed by atoms with Gasteiger partial charge in [-0.05, 0) is 37.3 Å². The van der Waals surface area contributed by atoms with Crippen LogP contribution >= 0.6 is 22.9 Å². The van der Waals surface area contributed by atoms with Gasteiger partial charge in [0.05, 0.1) is 18.5 Å². The van der Waals surface area contributed by atoms with Crippen LogP contribution in [0.15, 0.2) is 54.1 Å². The van der Waals surface area contributed by atoms with E-state index in [0.29, 0.717) is 21.6 Å². The topological polar surface area (TPSA) is 68.5 Å². The van der Waals surface area contributed by atoms with E-state index in [1.807, 2.05) is 59.3 Å². The summed E-state index contributed by atoms with van der Waals surface area (Å²) >= 11 is 7.54. The number of halogens is 1. The van der Waals surface area contributed by atoms with Crippen molar-refractivity contribution in [2.75, 3.05) is 12.4 Å². The molecule has 8 heteroatoms. The van der Waals surface area contributed by atoms with Crippen LogP contribution in [0.25, 0.3) is 23.0 Å². The highest BCUT2D eigenvalue weighted by molar-refractivity contribution is 7.14. The Morgan fingerprint density at radius 3 is 2.97 bits per heavy atom. The van der Waals surface area contributed by atoms with Crippen LogP contribution in [0.5, 0.6) is 5.75 Å². The van der Waals surface area contributed by atoms with Crippen molar-refractivity contribution in [2.24, 2.45) is 0 Å². The number of nitrogens with zero attached hydrogens (tertiary/aromatic N) is 3. The molecule has 0 aliphatic carbocycles. The summed E-state index contributed by atoms with van der Waals surface area (Å²) in [4.78, 5) is 21.1. The van der Waals surface area contributed by atoms with Crippen LogP contribution in [0.2, 0.25) is 5.15 Å². The number of pyridine rings is 1. The van der Waals surface area contributed by atoms with Crippen LogP contribution in [-0.4, -0.2) is 27.4 Å². The van der Waals surface area contributed by atoms with Crippen molar-refractivity contribution in [3.63, 3.8) is 0 Å². The normalized spacial score (nSPS) is 11.3. The molecule has 3 heterocycles. The molecule has 0 radical (unpaired) electrons. The minimum Gasteiger partial charge on any atom is -0.496 e. The largest absolute Gasteiger partial charge is 0.496 e. The Labute approximate surface area is 176 Å². The fraction of sp³-hybridized carbons (Fsp3) is 0.0952. The standard InChI is InChI=1S/C21H17ClN4O2S/c1-13-6-8-17(28-2)14(11-13)15-12-29-21(23-15)25-19(27)9-7-16-20(22)24-18-5-3-4-10-26(16)18/h3-12H,1-2H3,(H,23,25,27)/b9-7+. The molecule has 0 atom stereocenters. The first kappa shape index (κ1) is 19.2. The average Bonchev–Trinajstić information content (AvgIpc) is 3.30. The van der Waals surface area contributed by atoms with E-state index in [4.69, 9.17) is 16.3 Å². The van der Waals surface area contributed by atoms with E-state index in [2.05, 4.69) is 15.3 Å². The molecular weight excluding hydrogens is 408 g/mol. The maximum Gasteiger partial charge on any atom is 0.250 e. The van der Waals surface area contributed by atoms with Gasteiger partial charge in [-0.3, -0.25) is 14.5 Å². The number of rotatable bonds is 5. The molecule has 0 spiro atoms. The molecule has 29 heavy (non-hydrogen) atoms. The van der Waals surface area contributed by atoms with Crippen molar-refractivity contribution in [1.82, 2.24) is 14.4 Å². The van der Waals surface area contributed by atoms with Gasteiger partial charge in [0.1, 0.15) is 11.4 Å². The number of carbonyl (C=O) groups excluding carboxylic acids is 1. The number of ether oxygens (including phenoxy) is 1. The highest BCUT2D eigenvalue weighted by Gasteiger charge is 2.12. The third-order valence-corrected chi connectivity index (χ3v) is 5.32. The van der Waals surface area contributed by atoms with Gasteiger partial charge in [-0.1, -0.05) is 29.3 Å². The highest BCUT2D eigenvalue weighted by atomic mass is 35.5. The second kappa shape index (κ2) is 8.06. The van der Waals surface area contributed by atoms with E-state index in [1.165, 1.54) is 17.4 Å². The fourth-order valence-electron chi connectivity index (χ4n) is 2.91. The molecule has 0 saturated carbocycles. The zero-order valence-corrected chi connectivity index (χ0v) is 17.3. The van der Waals surface area contributed by atoms with Gasteiger partial charge in [0.2, 0.25) is 5.91 Å². The van der Waals surface area contributed by atoms with Crippen LogP contribution in [0.1, 0.15) is 11.3 Å². The van der Waals surface area contributed by atoms with E-state index in [9.17, 15) is 4.79 Å². The lowest BCUT2D eigenvalue weighted by Gasteiger charge is -2.07. The molecule has 146 valence electrons. The number of aryl methyl sites for hydroxylation is 1. The number of benzene rings is 1. The number of hydrogen-bond donors (Lipinski definition) is 1. The molecule has 0 saturated heterocycles. The Morgan fingerprint density at radius 1 is 1.28 bits per heavy atom. The predicted octanol–water partition coefficient (Wildman–Crippen LogP) is 5.08. The number of nitrogens with one attached hydrogen (secondary N) is 1. The van der Waals surface area contributed by atoms with Gasteiger partial charge in [-0.15, -0.1) is 11.3 Å². The summed E-state index contributed by atoms with van der Waals surface area (Å²) < 4.78 is 7.23. The number of anilines is 1. The zero-order chi connectivity index (χ0) is 20.4. The summed E-state index contributed by atoms with van der Waals surface area (Å²) in [5, 5.41) is 5.51. The molecule has 0 bridgehead atoms. The first-order valence-corrected chi connectivity index (χ1v) is 10.0. The van der Waals surface area contributed by atoms with E-state index < -0.39 is 0 Å². The Morgan fingerprint density at radius 2 is 2.14 bits per heavy atom. The van der Waals surface area contributed by atoms with E-state index >= 15 is 0 Å². The minimum absolute atomic E-state index is 0.302.